The number of benzene rings is 1. The predicted octanol–water partition coefficient (Wildman–Crippen LogP) is 2.76. The van der Waals surface area contributed by atoms with E-state index in [0.717, 1.165) is 11.3 Å². The third-order valence-electron chi connectivity index (χ3n) is 2.89. The number of aromatic nitrogens is 1. The first-order valence-electron chi connectivity index (χ1n) is 5.41. The molecule has 2 N–H and O–H groups in total. The first kappa shape index (κ1) is 11.3. The molecule has 0 aliphatic carbocycles. The Hall–Kier alpha value is -2.16. The maximum absolute atomic E-state index is 10.7. The summed E-state index contributed by atoms with van der Waals surface area (Å²) in [6, 6.07) is 9.63. The van der Waals surface area contributed by atoms with Gasteiger partial charge in [0.2, 0.25) is 0 Å². The van der Waals surface area contributed by atoms with Gasteiger partial charge in [0.15, 0.2) is 6.29 Å². The summed E-state index contributed by atoms with van der Waals surface area (Å²) in [5.41, 5.74) is 10.4. The van der Waals surface area contributed by atoms with Crippen LogP contribution in [0.25, 0.3) is 11.3 Å². The van der Waals surface area contributed by atoms with E-state index in [-0.39, 0.29) is 5.82 Å². The summed E-state index contributed by atoms with van der Waals surface area (Å²) in [4.78, 5) is 14.9. The van der Waals surface area contributed by atoms with Gasteiger partial charge in [0.05, 0.1) is 11.3 Å². The third-order valence-corrected chi connectivity index (χ3v) is 2.89. The first-order valence-corrected chi connectivity index (χ1v) is 5.41. The van der Waals surface area contributed by atoms with Gasteiger partial charge in [-0.1, -0.05) is 12.1 Å². The van der Waals surface area contributed by atoms with Crippen LogP contribution in [0.4, 0.5) is 5.82 Å². The molecule has 1 aromatic carbocycles. The molecule has 1 heterocycles. The summed E-state index contributed by atoms with van der Waals surface area (Å²) >= 11 is 0. The van der Waals surface area contributed by atoms with Gasteiger partial charge in [0, 0.05) is 5.56 Å². The van der Waals surface area contributed by atoms with Crippen LogP contribution in [0.3, 0.4) is 0 Å². The highest BCUT2D eigenvalue weighted by atomic mass is 16.1. The van der Waals surface area contributed by atoms with Crippen LogP contribution >= 0.6 is 0 Å². The Kier molecular flexibility index (Phi) is 2.91. The Morgan fingerprint density at radius 1 is 1.12 bits per heavy atom. The number of pyridine rings is 1. The van der Waals surface area contributed by atoms with Crippen molar-refractivity contribution in [1.82, 2.24) is 4.98 Å². The lowest BCUT2D eigenvalue weighted by molar-refractivity contribution is 0.112. The molecule has 0 aliphatic heterocycles. The fourth-order valence-corrected chi connectivity index (χ4v) is 1.65. The number of aldehydes is 1. The van der Waals surface area contributed by atoms with E-state index < -0.39 is 0 Å². The number of anilines is 1. The lowest BCUT2D eigenvalue weighted by Gasteiger charge is -2.06. The number of aryl methyl sites for hydroxylation is 2. The number of carbonyl (C=O) groups excluding carboxylic acids is 1. The van der Waals surface area contributed by atoms with E-state index in [1.807, 2.05) is 12.1 Å². The number of nitrogen functional groups attached to an aromatic ring is 1. The predicted molar refractivity (Wildman–Crippen MR) is 68.9 cm³/mol. The number of nitrogens with two attached hydrogens (primary N) is 1. The second-order valence-electron chi connectivity index (χ2n) is 4.09. The summed E-state index contributed by atoms with van der Waals surface area (Å²) in [7, 11) is 0. The molecule has 3 heteroatoms. The van der Waals surface area contributed by atoms with E-state index in [1.54, 1.807) is 6.07 Å². The van der Waals surface area contributed by atoms with Crippen LogP contribution in [0.1, 0.15) is 21.5 Å². The molecule has 0 unspecified atom stereocenters. The molecule has 3 nitrogen and oxygen atoms in total. The van der Waals surface area contributed by atoms with Gasteiger partial charge in [0.25, 0.3) is 0 Å². The van der Waals surface area contributed by atoms with Gasteiger partial charge in [-0.3, -0.25) is 4.79 Å². The zero-order valence-corrected chi connectivity index (χ0v) is 9.90. The number of nitrogens with zero attached hydrogens (tertiary/aromatic N) is 1. The van der Waals surface area contributed by atoms with Gasteiger partial charge in [-0.15, -0.1) is 0 Å². The summed E-state index contributed by atoms with van der Waals surface area (Å²) in [5.74, 6) is 0.274. The lowest BCUT2D eigenvalue weighted by atomic mass is 10.0. The first-order chi connectivity index (χ1) is 8.11. The van der Waals surface area contributed by atoms with E-state index in [4.69, 9.17) is 5.73 Å². The standard InChI is InChI=1S/C14H14N2O/c1-9-3-4-11(7-10(9)2)13-6-5-12(8-17)14(15)16-13/h3-8H,1-2H3,(H2,15,16). The molecule has 0 amide bonds. The van der Waals surface area contributed by atoms with Gasteiger partial charge < -0.3 is 5.73 Å². The topological polar surface area (TPSA) is 56.0 Å². The maximum Gasteiger partial charge on any atom is 0.153 e. The monoisotopic (exact) mass is 226 g/mol. The molecule has 0 saturated carbocycles. The number of rotatable bonds is 2. The van der Waals surface area contributed by atoms with Gasteiger partial charge in [-0.25, -0.2) is 4.98 Å². The van der Waals surface area contributed by atoms with Gasteiger partial charge >= 0.3 is 0 Å². The molecule has 0 saturated heterocycles. The molecular formula is C14H14N2O. The zero-order chi connectivity index (χ0) is 12.4. The Labute approximate surface area is 100 Å². The molecule has 0 atom stereocenters. The number of hydrogen-bond acceptors (Lipinski definition) is 3. The average Bonchev–Trinajstić information content (AvgIpc) is 2.32. The number of hydrogen-bond donors (Lipinski definition) is 1. The molecule has 0 radical (unpaired) electrons. The van der Waals surface area contributed by atoms with E-state index in [9.17, 15) is 4.79 Å². The van der Waals surface area contributed by atoms with E-state index in [2.05, 4.69) is 31.0 Å². The maximum atomic E-state index is 10.7. The Morgan fingerprint density at radius 3 is 2.47 bits per heavy atom. The molecular weight excluding hydrogens is 212 g/mol. The van der Waals surface area contributed by atoms with Gasteiger partial charge in [-0.2, -0.15) is 0 Å². The fourth-order valence-electron chi connectivity index (χ4n) is 1.65. The highest BCUT2D eigenvalue weighted by Crippen LogP contribution is 2.22. The smallest absolute Gasteiger partial charge is 0.153 e. The van der Waals surface area contributed by atoms with E-state index in [1.165, 1.54) is 11.1 Å². The normalized spacial score (nSPS) is 10.2. The van der Waals surface area contributed by atoms with E-state index in [0.29, 0.717) is 11.8 Å². The van der Waals surface area contributed by atoms with Crippen molar-refractivity contribution in [2.24, 2.45) is 0 Å². The van der Waals surface area contributed by atoms with Crippen molar-refractivity contribution in [3.8, 4) is 11.3 Å². The summed E-state index contributed by atoms with van der Waals surface area (Å²) in [5, 5.41) is 0. The second kappa shape index (κ2) is 4.37. The van der Waals surface area contributed by atoms with Crippen LogP contribution in [-0.2, 0) is 0 Å². The van der Waals surface area contributed by atoms with Crippen LogP contribution in [-0.4, -0.2) is 11.3 Å². The molecule has 2 rings (SSSR count). The molecule has 0 bridgehead atoms. The SMILES string of the molecule is Cc1ccc(-c2ccc(C=O)c(N)n2)cc1C. The molecule has 86 valence electrons. The molecule has 0 fully saturated rings. The third kappa shape index (κ3) is 2.18. The molecule has 2 aromatic rings. The van der Waals surface area contributed by atoms with Crippen molar-refractivity contribution < 1.29 is 4.79 Å². The lowest BCUT2D eigenvalue weighted by Crippen LogP contribution is -1.98. The van der Waals surface area contributed by atoms with Crippen LogP contribution < -0.4 is 5.73 Å². The van der Waals surface area contributed by atoms with Crippen LogP contribution in [0.15, 0.2) is 30.3 Å². The molecule has 0 spiro atoms. The van der Waals surface area contributed by atoms with Crippen molar-refractivity contribution >= 4 is 12.1 Å². The minimum Gasteiger partial charge on any atom is -0.383 e. The molecule has 0 aliphatic rings. The molecule has 17 heavy (non-hydrogen) atoms. The minimum absolute atomic E-state index is 0.274. The Bertz CT molecular complexity index is 576. The van der Waals surface area contributed by atoms with Crippen molar-refractivity contribution in [3.05, 3.63) is 47.0 Å². The summed E-state index contributed by atoms with van der Waals surface area (Å²) in [6.07, 6.45) is 0.715. The highest BCUT2D eigenvalue weighted by molar-refractivity contribution is 5.82. The zero-order valence-electron chi connectivity index (χ0n) is 9.90. The average molecular weight is 226 g/mol. The van der Waals surface area contributed by atoms with Crippen LogP contribution in [0, 0.1) is 13.8 Å². The fraction of sp³-hybridized carbons (Fsp3) is 0.143. The Balaban J connectivity index is 2.49. The highest BCUT2D eigenvalue weighted by Gasteiger charge is 2.04. The van der Waals surface area contributed by atoms with Crippen LogP contribution in [0.5, 0.6) is 0 Å². The largest absolute Gasteiger partial charge is 0.383 e. The van der Waals surface area contributed by atoms with Crippen molar-refractivity contribution in [2.75, 3.05) is 5.73 Å². The van der Waals surface area contributed by atoms with Crippen molar-refractivity contribution in [1.29, 1.82) is 0 Å². The van der Waals surface area contributed by atoms with Gasteiger partial charge in [0.1, 0.15) is 5.82 Å². The molecule has 1 aromatic heterocycles. The van der Waals surface area contributed by atoms with Crippen molar-refractivity contribution in [3.63, 3.8) is 0 Å². The van der Waals surface area contributed by atoms with Crippen molar-refractivity contribution in [2.45, 2.75) is 13.8 Å². The quantitative estimate of drug-likeness (QED) is 0.801. The van der Waals surface area contributed by atoms with Crippen LogP contribution in [0.2, 0.25) is 0 Å². The Morgan fingerprint density at radius 2 is 1.88 bits per heavy atom. The number of carbonyl (C=O) groups is 1. The van der Waals surface area contributed by atoms with Gasteiger partial charge in [-0.05, 0) is 43.2 Å². The summed E-state index contributed by atoms with van der Waals surface area (Å²) < 4.78 is 0. The minimum atomic E-state index is 0.274. The van der Waals surface area contributed by atoms with E-state index >= 15 is 0 Å². The second-order valence-corrected chi connectivity index (χ2v) is 4.09. The summed E-state index contributed by atoms with van der Waals surface area (Å²) in [6.45, 7) is 4.12.